The highest BCUT2D eigenvalue weighted by Gasteiger charge is 2.02. The highest BCUT2D eigenvalue weighted by Crippen LogP contribution is 2.17. The minimum Gasteiger partial charge on any atom is -0.392 e. The number of hydrogen-bond donors (Lipinski definition) is 1. The lowest BCUT2D eigenvalue weighted by Crippen LogP contribution is -1.94. The summed E-state index contributed by atoms with van der Waals surface area (Å²) in [5, 5.41) is 9.04. The Hall–Kier alpha value is -1.26. The maximum atomic E-state index is 9.04. The zero-order valence-corrected chi connectivity index (χ0v) is 8.75. The molecule has 0 saturated heterocycles. The zero-order valence-electron chi connectivity index (χ0n) is 8.75. The molecule has 1 aromatic carbocycles. The van der Waals surface area contributed by atoms with Gasteiger partial charge in [-0.1, -0.05) is 32.1 Å². The molecule has 0 aliphatic heterocycles. The summed E-state index contributed by atoms with van der Waals surface area (Å²) in [5.74, 6) is 0.336. The van der Waals surface area contributed by atoms with E-state index in [1.807, 2.05) is 18.2 Å². The Kier molecular flexibility index (Phi) is 4.22. The number of allylic oxidation sites excluding steroid dienone is 1. The van der Waals surface area contributed by atoms with Crippen molar-refractivity contribution in [1.29, 1.82) is 0 Å². The summed E-state index contributed by atoms with van der Waals surface area (Å²) in [4.78, 5) is 0. The highest BCUT2D eigenvalue weighted by molar-refractivity contribution is 5.22. The van der Waals surface area contributed by atoms with E-state index in [-0.39, 0.29) is 6.61 Å². The molecule has 74 valence electrons. The van der Waals surface area contributed by atoms with Crippen LogP contribution in [0.2, 0.25) is 0 Å². The first kappa shape index (κ1) is 10.8. The first-order chi connectivity index (χ1) is 6.77. The van der Waals surface area contributed by atoms with Crippen molar-refractivity contribution in [2.75, 3.05) is 6.61 Å². The molecule has 1 rings (SSSR count). The molecule has 0 spiro atoms. The van der Waals surface area contributed by atoms with Crippen LogP contribution in [-0.4, -0.2) is 11.7 Å². The second kappa shape index (κ2) is 5.47. The largest absolute Gasteiger partial charge is 0.392 e. The Bertz CT molecular complexity index is 281. The van der Waals surface area contributed by atoms with Gasteiger partial charge < -0.3 is 5.11 Å². The molecule has 1 unspecified atom stereocenters. The summed E-state index contributed by atoms with van der Waals surface area (Å²) in [6.07, 6.45) is 3.02. The van der Waals surface area contributed by atoms with Crippen LogP contribution in [0.15, 0.2) is 29.8 Å². The summed E-state index contributed by atoms with van der Waals surface area (Å²) in [7, 11) is 0. The van der Waals surface area contributed by atoms with E-state index >= 15 is 0 Å². The molecule has 1 aromatic rings. The fourth-order valence-corrected chi connectivity index (χ4v) is 1.37. The lowest BCUT2D eigenvalue weighted by atomic mass is 9.98. The van der Waals surface area contributed by atoms with Crippen molar-refractivity contribution in [2.24, 2.45) is 0 Å². The first-order valence-corrected chi connectivity index (χ1v) is 4.96. The summed E-state index contributed by atoms with van der Waals surface area (Å²) in [5.41, 5.74) is 2.30. The van der Waals surface area contributed by atoms with Gasteiger partial charge in [0.05, 0.1) is 6.61 Å². The van der Waals surface area contributed by atoms with Gasteiger partial charge in [-0.25, -0.2) is 0 Å². The fraction of sp³-hybridized carbons (Fsp3) is 0.385. The monoisotopic (exact) mass is 188 g/mol. The number of rotatable bonds is 4. The van der Waals surface area contributed by atoms with Gasteiger partial charge in [0.2, 0.25) is 0 Å². The molecule has 0 saturated carbocycles. The Morgan fingerprint density at radius 2 is 2.36 bits per heavy atom. The minimum absolute atomic E-state index is 0.156. The van der Waals surface area contributed by atoms with E-state index < -0.39 is 0 Å². The maximum Gasteiger partial charge on any atom is 0.0641 e. The van der Waals surface area contributed by atoms with Crippen molar-refractivity contribution >= 4 is 0 Å². The van der Waals surface area contributed by atoms with Crippen LogP contribution in [0.3, 0.4) is 0 Å². The topological polar surface area (TPSA) is 20.2 Å². The Labute approximate surface area is 86.1 Å². The second-order valence-electron chi connectivity index (χ2n) is 3.39. The van der Waals surface area contributed by atoms with Crippen molar-refractivity contribution < 1.29 is 5.11 Å². The molecule has 0 fully saturated rings. The normalized spacial score (nSPS) is 13.5. The van der Waals surface area contributed by atoms with Gasteiger partial charge in [-0.3, -0.25) is 0 Å². The fourth-order valence-electron chi connectivity index (χ4n) is 1.37. The maximum absolute atomic E-state index is 9.04. The molecule has 0 aliphatic rings. The molecule has 1 nitrogen and oxygen atoms in total. The third-order valence-electron chi connectivity index (χ3n) is 2.35. The SMILES string of the molecule is CCC(=CC(C)c1cc#ccc1)CO. The Balaban J connectivity index is 2.76. The van der Waals surface area contributed by atoms with E-state index in [9.17, 15) is 0 Å². The molecule has 0 aromatic heterocycles. The van der Waals surface area contributed by atoms with Gasteiger partial charge in [0, 0.05) is 0 Å². The van der Waals surface area contributed by atoms with Gasteiger partial charge in [0.15, 0.2) is 0 Å². The Morgan fingerprint density at radius 3 is 2.86 bits per heavy atom. The van der Waals surface area contributed by atoms with E-state index in [0.717, 1.165) is 12.0 Å². The molecule has 1 atom stereocenters. The van der Waals surface area contributed by atoms with Crippen molar-refractivity contribution in [3.05, 3.63) is 47.5 Å². The molecule has 0 aliphatic carbocycles. The first-order valence-electron chi connectivity index (χ1n) is 4.96. The van der Waals surface area contributed by atoms with Gasteiger partial charge in [0.1, 0.15) is 0 Å². The Morgan fingerprint density at radius 1 is 1.57 bits per heavy atom. The van der Waals surface area contributed by atoms with Gasteiger partial charge in [-0.15, -0.1) is 0 Å². The standard InChI is InChI=1S/C13H16O/c1-3-12(10-14)9-11(2)13-7-5-4-6-8-13/h5,7-9,11,14H,3,10H2,1-2H3. The predicted molar refractivity (Wildman–Crippen MR) is 58.0 cm³/mol. The van der Waals surface area contributed by atoms with E-state index in [0.29, 0.717) is 5.92 Å². The van der Waals surface area contributed by atoms with Crippen LogP contribution in [0, 0.1) is 12.1 Å². The predicted octanol–water partition coefficient (Wildman–Crippen LogP) is 2.72. The molecule has 0 amide bonds. The van der Waals surface area contributed by atoms with Crippen LogP contribution in [0.1, 0.15) is 31.7 Å². The minimum atomic E-state index is 0.156. The van der Waals surface area contributed by atoms with Crippen molar-refractivity contribution in [1.82, 2.24) is 0 Å². The van der Waals surface area contributed by atoms with Crippen molar-refractivity contribution in [3.8, 4) is 0 Å². The van der Waals surface area contributed by atoms with Crippen LogP contribution in [0.5, 0.6) is 0 Å². The summed E-state index contributed by atoms with van der Waals surface area (Å²) in [6, 6.07) is 11.6. The van der Waals surface area contributed by atoms with Gasteiger partial charge in [-0.2, -0.15) is 0 Å². The molecule has 0 radical (unpaired) electrons. The van der Waals surface area contributed by atoms with Crippen molar-refractivity contribution in [2.45, 2.75) is 26.2 Å². The number of aliphatic hydroxyl groups is 1. The molecule has 1 heteroatoms. The van der Waals surface area contributed by atoms with E-state index in [2.05, 4.69) is 32.1 Å². The van der Waals surface area contributed by atoms with Gasteiger partial charge in [-0.05, 0) is 41.7 Å². The van der Waals surface area contributed by atoms with Gasteiger partial charge >= 0.3 is 0 Å². The average molecular weight is 188 g/mol. The molecular formula is C13H16O. The van der Waals surface area contributed by atoms with Gasteiger partial charge in [0.25, 0.3) is 0 Å². The lowest BCUT2D eigenvalue weighted by molar-refractivity contribution is 0.327. The van der Waals surface area contributed by atoms with Crippen LogP contribution < -0.4 is 0 Å². The third kappa shape index (κ3) is 2.90. The van der Waals surface area contributed by atoms with Crippen LogP contribution in [-0.2, 0) is 0 Å². The van der Waals surface area contributed by atoms with Crippen LogP contribution in [0.4, 0.5) is 0 Å². The third-order valence-corrected chi connectivity index (χ3v) is 2.35. The smallest absolute Gasteiger partial charge is 0.0641 e. The van der Waals surface area contributed by atoms with E-state index in [1.165, 1.54) is 5.56 Å². The molecule has 14 heavy (non-hydrogen) atoms. The van der Waals surface area contributed by atoms with Crippen molar-refractivity contribution in [3.63, 3.8) is 0 Å². The van der Waals surface area contributed by atoms with Crippen LogP contribution >= 0.6 is 0 Å². The molecule has 0 heterocycles. The zero-order chi connectivity index (χ0) is 10.4. The van der Waals surface area contributed by atoms with E-state index in [1.54, 1.807) is 0 Å². The highest BCUT2D eigenvalue weighted by atomic mass is 16.3. The van der Waals surface area contributed by atoms with E-state index in [4.69, 9.17) is 5.11 Å². The molecule has 1 N–H and O–H groups in total. The lowest BCUT2D eigenvalue weighted by Gasteiger charge is -2.07. The van der Waals surface area contributed by atoms with Crippen LogP contribution in [0.25, 0.3) is 0 Å². The molecular weight excluding hydrogens is 172 g/mol. The molecule has 0 bridgehead atoms. The quantitative estimate of drug-likeness (QED) is 0.720. The second-order valence-corrected chi connectivity index (χ2v) is 3.39. The number of hydrogen-bond acceptors (Lipinski definition) is 1. The summed E-state index contributed by atoms with van der Waals surface area (Å²) < 4.78 is 0. The number of aliphatic hydroxyl groups excluding tert-OH is 1. The average Bonchev–Trinajstić information content (AvgIpc) is 2.26. The summed E-state index contributed by atoms with van der Waals surface area (Å²) >= 11 is 0. The summed E-state index contributed by atoms with van der Waals surface area (Å²) in [6.45, 7) is 4.33.